The predicted molar refractivity (Wildman–Crippen MR) is 135 cm³/mol. The molecule has 1 atom stereocenters. The van der Waals surface area contributed by atoms with Gasteiger partial charge < -0.3 is 15.0 Å². The highest BCUT2D eigenvalue weighted by Crippen LogP contribution is 2.30. The minimum Gasteiger partial charge on any atom is -0.495 e. The van der Waals surface area contributed by atoms with Crippen molar-refractivity contribution in [1.29, 1.82) is 0 Å². The minimum absolute atomic E-state index is 0.0625. The Hall–Kier alpha value is -2.49. The Kier molecular flexibility index (Phi) is 9.61. The normalized spacial score (nSPS) is 12.2. The first kappa shape index (κ1) is 27.8. The van der Waals surface area contributed by atoms with Crippen LogP contribution in [0, 0.1) is 0 Å². The molecule has 0 heterocycles. The van der Waals surface area contributed by atoms with Crippen molar-refractivity contribution in [3.8, 4) is 5.75 Å². The number of rotatable bonds is 10. The van der Waals surface area contributed by atoms with Crippen molar-refractivity contribution in [2.75, 3.05) is 24.2 Å². The monoisotopic (exact) mass is 529 g/mol. The second-order valence-corrected chi connectivity index (χ2v) is 10.8. The lowest BCUT2D eigenvalue weighted by Gasteiger charge is -2.32. The van der Waals surface area contributed by atoms with Gasteiger partial charge >= 0.3 is 0 Å². The number of amides is 2. The van der Waals surface area contributed by atoms with Crippen molar-refractivity contribution in [3.63, 3.8) is 0 Å². The van der Waals surface area contributed by atoms with Crippen LogP contribution in [-0.2, 0) is 26.2 Å². The number of ether oxygens (including phenoxy) is 1. The van der Waals surface area contributed by atoms with Crippen LogP contribution >= 0.6 is 23.2 Å². The first-order chi connectivity index (χ1) is 15.8. The van der Waals surface area contributed by atoms with Gasteiger partial charge in [-0.1, -0.05) is 35.3 Å². The smallest absolute Gasteiger partial charge is 0.244 e. The molecule has 0 bridgehead atoms. The van der Waals surface area contributed by atoms with Gasteiger partial charge in [0.05, 0.1) is 24.1 Å². The third kappa shape index (κ3) is 7.51. The standard InChI is InChI=1S/C23H29Cl2N3O5S/c1-15(2)26-23(30)16(3)27(13-17-7-6-8-18(24)11-17)22(29)14-28(34(5,31)32)19-9-10-21(33-4)20(25)12-19/h6-12,15-16H,13-14H2,1-5H3,(H,26,30). The molecule has 0 radical (unpaired) electrons. The van der Waals surface area contributed by atoms with Gasteiger partial charge in [-0.05, 0) is 56.7 Å². The predicted octanol–water partition coefficient (Wildman–Crippen LogP) is 3.71. The number of hydrogen-bond donors (Lipinski definition) is 1. The molecule has 0 spiro atoms. The third-order valence-corrected chi connectivity index (χ3v) is 6.61. The molecule has 0 aromatic heterocycles. The number of carbonyl (C=O) groups is 2. The van der Waals surface area contributed by atoms with E-state index in [1.165, 1.54) is 30.2 Å². The van der Waals surface area contributed by atoms with Gasteiger partial charge in [0.1, 0.15) is 18.3 Å². The van der Waals surface area contributed by atoms with Crippen molar-refractivity contribution in [1.82, 2.24) is 10.2 Å². The Morgan fingerprint density at radius 2 is 1.76 bits per heavy atom. The summed E-state index contributed by atoms with van der Waals surface area (Å²) in [6.45, 7) is 4.75. The average Bonchev–Trinajstić information content (AvgIpc) is 2.74. The molecule has 0 aliphatic rings. The summed E-state index contributed by atoms with van der Waals surface area (Å²) in [6, 6.07) is 10.3. The van der Waals surface area contributed by atoms with Crippen LogP contribution in [0.15, 0.2) is 42.5 Å². The maximum absolute atomic E-state index is 13.5. The SMILES string of the molecule is COc1ccc(N(CC(=O)N(Cc2cccc(Cl)c2)C(C)C(=O)NC(C)C)S(C)(=O)=O)cc1Cl. The Labute approximate surface area is 210 Å². The molecule has 0 aliphatic carbocycles. The molecule has 1 unspecified atom stereocenters. The van der Waals surface area contributed by atoms with E-state index in [0.29, 0.717) is 16.3 Å². The number of nitrogens with zero attached hydrogens (tertiary/aromatic N) is 2. The number of sulfonamides is 1. The summed E-state index contributed by atoms with van der Waals surface area (Å²) in [4.78, 5) is 27.5. The summed E-state index contributed by atoms with van der Waals surface area (Å²) in [7, 11) is -2.42. The van der Waals surface area contributed by atoms with E-state index in [9.17, 15) is 18.0 Å². The second-order valence-electron chi connectivity index (χ2n) is 8.08. The molecule has 0 aliphatic heterocycles. The average molecular weight is 530 g/mol. The molecule has 2 aromatic carbocycles. The molecule has 1 N–H and O–H groups in total. The Morgan fingerprint density at radius 3 is 2.29 bits per heavy atom. The number of benzene rings is 2. The molecular weight excluding hydrogens is 501 g/mol. The van der Waals surface area contributed by atoms with Crippen LogP contribution in [0.5, 0.6) is 5.75 Å². The maximum atomic E-state index is 13.5. The van der Waals surface area contributed by atoms with Crippen LogP contribution in [0.3, 0.4) is 0 Å². The fourth-order valence-corrected chi connectivity index (χ4v) is 4.55. The molecule has 8 nitrogen and oxygen atoms in total. The van der Waals surface area contributed by atoms with E-state index in [-0.39, 0.29) is 29.2 Å². The van der Waals surface area contributed by atoms with Crippen LogP contribution in [0.4, 0.5) is 5.69 Å². The number of hydrogen-bond acceptors (Lipinski definition) is 5. The Balaban J connectivity index is 2.42. The molecule has 2 amide bonds. The van der Waals surface area contributed by atoms with Crippen molar-refractivity contribution >= 4 is 50.7 Å². The van der Waals surface area contributed by atoms with E-state index in [0.717, 1.165) is 10.6 Å². The highest BCUT2D eigenvalue weighted by Gasteiger charge is 2.30. The number of anilines is 1. The zero-order valence-electron chi connectivity index (χ0n) is 19.7. The first-order valence-electron chi connectivity index (χ1n) is 10.5. The van der Waals surface area contributed by atoms with Crippen molar-refractivity contribution < 1.29 is 22.7 Å². The number of carbonyl (C=O) groups excluding carboxylic acids is 2. The van der Waals surface area contributed by atoms with E-state index < -0.39 is 28.5 Å². The van der Waals surface area contributed by atoms with E-state index in [2.05, 4.69) is 5.32 Å². The lowest BCUT2D eigenvalue weighted by Crippen LogP contribution is -2.52. The van der Waals surface area contributed by atoms with E-state index in [1.807, 2.05) is 13.8 Å². The highest BCUT2D eigenvalue weighted by molar-refractivity contribution is 7.92. The van der Waals surface area contributed by atoms with Crippen molar-refractivity contribution in [2.45, 2.75) is 39.4 Å². The largest absolute Gasteiger partial charge is 0.495 e. The van der Waals surface area contributed by atoms with Crippen LogP contribution in [0.1, 0.15) is 26.3 Å². The molecule has 0 saturated heterocycles. The lowest BCUT2D eigenvalue weighted by molar-refractivity contribution is -0.139. The molecule has 2 rings (SSSR count). The van der Waals surface area contributed by atoms with Crippen LogP contribution in [0.2, 0.25) is 10.0 Å². The molecular formula is C23H29Cl2N3O5S. The molecule has 34 heavy (non-hydrogen) atoms. The van der Waals surface area contributed by atoms with Crippen LogP contribution in [-0.4, -0.2) is 57.1 Å². The number of methoxy groups -OCH3 is 1. The number of nitrogens with one attached hydrogen (secondary N) is 1. The van der Waals surface area contributed by atoms with Gasteiger partial charge in [-0.3, -0.25) is 13.9 Å². The summed E-state index contributed by atoms with van der Waals surface area (Å²) in [6.07, 6.45) is 0.995. The van der Waals surface area contributed by atoms with Gasteiger partial charge in [0.2, 0.25) is 21.8 Å². The summed E-state index contributed by atoms with van der Waals surface area (Å²) in [5.41, 5.74) is 0.895. The van der Waals surface area contributed by atoms with E-state index in [1.54, 1.807) is 31.2 Å². The Morgan fingerprint density at radius 1 is 1.09 bits per heavy atom. The fourth-order valence-electron chi connectivity index (χ4n) is 3.24. The summed E-state index contributed by atoms with van der Waals surface area (Å²) in [5.74, 6) is -0.556. The fraction of sp³-hybridized carbons (Fsp3) is 0.391. The van der Waals surface area contributed by atoms with Crippen molar-refractivity contribution in [2.24, 2.45) is 0 Å². The summed E-state index contributed by atoms with van der Waals surface area (Å²) in [5, 5.41) is 3.47. The van der Waals surface area contributed by atoms with Gasteiger partial charge in [-0.25, -0.2) is 8.42 Å². The van der Waals surface area contributed by atoms with E-state index >= 15 is 0 Å². The molecule has 2 aromatic rings. The molecule has 11 heteroatoms. The first-order valence-corrected chi connectivity index (χ1v) is 13.1. The van der Waals surface area contributed by atoms with Gasteiger partial charge in [0.25, 0.3) is 0 Å². The van der Waals surface area contributed by atoms with Crippen LogP contribution < -0.4 is 14.4 Å². The zero-order chi connectivity index (χ0) is 25.6. The van der Waals surface area contributed by atoms with E-state index in [4.69, 9.17) is 27.9 Å². The van der Waals surface area contributed by atoms with Gasteiger partial charge in [-0.2, -0.15) is 0 Å². The lowest BCUT2D eigenvalue weighted by atomic mass is 10.1. The Bertz CT molecular complexity index is 1140. The molecule has 0 fully saturated rings. The molecule has 0 saturated carbocycles. The van der Waals surface area contributed by atoms with Gasteiger partial charge in [0.15, 0.2) is 0 Å². The van der Waals surface area contributed by atoms with Gasteiger partial charge in [-0.15, -0.1) is 0 Å². The van der Waals surface area contributed by atoms with Crippen LogP contribution in [0.25, 0.3) is 0 Å². The zero-order valence-corrected chi connectivity index (χ0v) is 22.0. The molecule has 186 valence electrons. The quantitative estimate of drug-likeness (QED) is 0.506. The minimum atomic E-state index is -3.86. The van der Waals surface area contributed by atoms with Crippen molar-refractivity contribution in [3.05, 3.63) is 58.1 Å². The second kappa shape index (κ2) is 11.8. The van der Waals surface area contributed by atoms with Gasteiger partial charge in [0, 0.05) is 17.6 Å². The number of halogens is 2. The maximum Gasteiger partial charge on any atom is 0.244 e. The highest BCUT2D eigenvalue weighted by atomic mass is 35.5. The topological polar surface area (TPSA) is 96.0 Å². The third-order valence-electron chi connectivity index (χ3n) is 4.94. The summed E-state index contributed by atoms with van der Waals surface area (Å²) >= 11 is 12.3. The summed E-state index contributed by atoms with van der Waals surface area (Å²) < 4.78 is 31.2.